The largest absolute Gasteiger partial charge is 0.380 e. The zero-order valence-corrected chi connectivity index (χ0v) is 11.5. The van der Waals surface area contributed by atoms with Crippen molar-refractivity contribution in [2.45, 2.75) is 48.1 Å². The van der Waals surface area contributed by atoms with E-state index in [2.05, 4.69) is 0 Å². The van der Waals surface area contributed by atoms with Crippen molar-refractivity contribution >= 4 is 0 Å². The topological polar surface area (TPSA) is 9.23 Å². The Labute approximate surface area is 96.5 Å². The van der Waals surface area contributed by atoms with Crippen LogP contribution >= 0.6 is 0 Å². The molecule has 0 bridgehead atoms. The second-order valence-corrected chi connectivity index (χ2v) is 1.92. The molecule has 0 aliphatic heterocycles. The Morgan fingerprint density at radius 2 is 1.20 bits per heavy atom. The van der Waals surface area contributed by atoms with Crippen LogP contribution in [0, 0.1) is 0 Å². The third kappa shape index (κ3) is 15.9. The summed E-state index contributed by atoms with van der Waals surface area (Å²) >= 11 is 0. The third-order valence-corrected chi connectivity index (χ3v) is 1.15. The van der Waals surface area contributed by atoms with Crippen LogP contribution in [0.1, 0.15) is 47.1 Å². The fourth-order valence-corrected chi connectivity index (χ4v) is 0.741. The van der Waals surface area contributed by atoms with Crippen molar-refractivity contribution in [3.63, 3.8) is 0 Å². The zero-order valence-electron chi connectivity index (χ0n) is 11.5. The normalized spacial score (nSPS) is 6.87. The van der Waals surface area contributed by atoms with Crippen LogP contribution in [-0.2, 0) is 11.3 Å². The van der Waals surface area contributed by atoms with Gasteiger partial charge in [0.15, 0.2) is 0 Å². The predicted octanol–water partition coefficient (Wildman–Crippen LogP) is 4.91. The van der Waals surface area contributed by atoms with E-state index in [0.29, 0.717) is 6.61 Å². The smallest absolute Gasteiger partial charge is 0.0713 e. The second-order valence-electron chi connectivity index (χ2n) is 1.92. The van der Waals surface area contributed by atoms with Crippen molar-refractivity contribution in [3.05, 3.63) is 35.9 Å². The predicted molar refractivity (Wildman–Crippen MR) is 71.2 cm³/mol. The van der Waals surface area contributed by atoms with Crippen molar-refractivity contribution in [2.24, 2.45) is 0 Å². The van der Waals surface area contributed by atoms with Crippen LogP contribution < -0.4 is 0 Å². The first-order valence-corrected chi connectivity index (χ1v) is 5.96. The zero-order chi connectivity index (χ0) is 12.5. The molecular weight excluding hydrogens is 184 g/mol. The van der Waals surface area contributed by atoms with Crippen LogP contribution in [0.2, 0.25) is 0 Å². The molecule has 0 amide bonds. The van der Waals surface area contributed by atoms with Gasteiger partial charge < -0.3 is 4.74 Å². The van der Waals surface area contributed by atoms with Gasteiger partial charge in [0.2, 0.25) is 0 Å². The maximum Gasteiger partial charge on any atom is 0.0713 e. The minimum absolute atomic E-state index is 0.709. The summed E-state index contributed by atoms with van der Waals surface area (Å²) in [6, 6.07) is 10.1. The highest BCUT2D eigenvalue weighted by molar-refractivity contribution is 5.13. The second kappa shape index (κ2) is 23.2. The van der Waals surface area contributed by atoms with Crippen LogP contribution in [0.3, 0.4) is 0 Å². The Bertz CT molecular complexity index is 158. The molecule has 1 aromatic rings. The van der Waals surface area contributed by atoms with Gasteiger partial charge in [-0.2, -0.15) is 0 Å². The summed E-state index contributed by atoms with van der Waals surface area (Å²) < 4.78 is 4.93. The summed E-state index contributed by atoms with van der Waals surface area (Å²) in [6.45, 7) is 12.7. The lowest BCUT2D eigenvalue weighted by Gasteiger charge is -1.95. The average Bonchev–Trinajstić information content (AvgIpc) is 2.38. The van der Waals surface area contributed by atoms with Gasteiger partial charge in [-0.15, -0.1) is 0 Å². The van der Waals surface area contributed by atoms with Crippen molar-refractivity contribution in [2.75, 3.05) is 7.11 Å². The van der Waals surface area contributed by atoms with E-state index >= 15 is 0 Å². The fourth-order valence-electron chi connectivity index (χ4n) is 0.741. The summed E-state index contributed by atoms with van der Waals surface area (Å²) in [7, 11) is 1.70. The molecule has 1 rings (SSSR count). The number of methoxy groups -OCH3 is 1. The Hall–Kier alpha value is -0.820. The van der Waals surface area contributed by atoms with Crippen LogP contribution in [-0.4, -0.2) is 7.11 Å². The molecule has 0 aromatic heterocycles. The number of hydrogen-bond donors (Lipinski definition) is 0. The highest BCUT2D eigenvalue weighted by Gasteiger charge is 1.84. The van der Waals surface area contributed by atoms with Gasteiger partial charge in [0.1, 0.15) is 0 Å². The molecule has 1 aromatic carbocycles. The minimum Gasteiger partial charge on any atom is -0.380 e. The molecule has 0 unspecified atom stereocenters. The van der Waals surface area contributed by atoms with Crippen LogP contribution in [0.25, 0.3) is 0 Å². The molecule has 0 saturated carbocycles. The highest BCUT2D eigenvalue weighted by Crippen LogP contribution is 1.98. The molecule has 0 N–H and O–H groups in total. The van der Waals surface area contributed by atoms with Gasteiger partial charge in [-0.05, 0) is 5.56 Å². The molecule has 0 atom stereocenters. The van der Waals surface area contributed by atoms with Gasteiger partial charge in [-0.25, -0.2) is 0 Å². The Morgan fingerprint density at radius 1 is 0.800 bits per heavy atom. The van der Waals surface area contributed by atoms with Crippen molar-refractivity contribution in [1.29, 1.82) is 0 Å². The summed E-state index contributed by atoms with van der Waals surface area (Å²) in [5.74, 6) is 0. The lowest BCUT2D eigenvalue weighted by atomic mass is 10.2. The molecule has 0 saturated heterocycles. The van der Waals surface area contributed by atoms with Crippen molar-refractivity contribution in [1.82, 2.24) is 0 Å². The molecule has 0 radical (unpaired) electrons. The molecule has 1 heteroatoms. The first-order chi connectivity index (χ1) is 7.43. The van der Waals surface area contributed by atoms with E-state index in [1.54, 1.807) is 7.11 Å². The lowest BCUT2D eigenvalue weighted by molar-refractivity contribution is 0.185. The molecule has 0 aliphatic carbocycles. The molecule has 0 aliphatic rings. The van der Waals surface area contributed by atoms with Crippen LogP contribution in [0.15, 0.2) is 30.3 Å². The van der Waals surface area contributed by atoms with E-state index in [4.69, 9.17) is 4.74 Å². The Kier molecular flexibility index (Phi) is 30.5. The molecule has 15 heavy (non-hydrogen) atoms. The molecule has 0 fully saturated rings. The number of benzene rings is 1. The summed E-state index contributed by atoms with van der Waals surface area (Å²) in [4.78, 5) is 0. The van der Waals surface area contributed by atoms with Gasteiger partial charge in [-0.3, -0.25) is 0 Å². The Balaban J connectivity index is -0.000000208. The van der Waals surface area contributed by atoms with Gasteiger partial charge in [0.25, 0.3) is 0 Å². The molecule has 1 nitrogen and oxygen atoms in total. The van der Waals surface area contributed by atoms with E-state index in [1.165, 1.54) is 5.56 Å². The first-order valence-electron chi connectivity index (χ1n) is 5.96. The molecule has 0 heterocycles. The van der Waals surface area contributed by atoms with Gasteiger partial charge in [-0.1, -0.05) is 71.9 Å². The number of ether oxygens (including phenoxy) is 1. The van der Waals surface area contributed by atoms with E-state index in [-0.39, 0.29) is 0 Å². The van der Waals surface area contributed by atoms with Gasteiger partial charge in [0.05, 0.1) is 6.61 Å². The average molecular weight is 212 g/mol. The SMILES string of the molecule is CC.CC.CC.COCc1ccccc1. The minimum atomic E-state index is 0.709. The molecular formula is C14H28O. The fraction of sp³-hybridized carbons (Fsp3) is 0.571. The van der Waals surface area contributed by atoms with E-state index < -0.39 is 0 Å². The summed E-state index contributed by atoms with van der Waals surface area (Å²) in [5.41, 5.74) is 1.22. The number of hydrogen-bond acceptors (Lipinski definition) is 1. The van der Waals surface area contributed by atoms with Crippen LogP contribution in [0.5, 0.6) is 0 Å². The maximum atomic E-state index is 4.93. The molecule has 90 valence electrons. The third-order valence-electron chi connectivity index (χ3n) is 1.15. The summed E-state index contributed by atoms with van der Waals surface area (Å²) in [5, 5.41) is 0. The van der Waals surface area contributed by atoms with Crippen molar-refractivity contribution < 1.29 is 4.74 Å². The highest BCUT2D eigenvalue weighted by atomic mass is 16.5. The van der Waals surface area contributed by atoms with E-state index in [1.807, 2.05) is 71.9 Å². The Morgan fingerprint density at radius 3 is 1.53 bits per heavy atom. The quantitative estimate of drug-likeness (QED) is 0.676. The maximum absolute atomic E-state index is 4.93. The van der Waals surface area contributed by atoms with E-state index in [9.17, 15) is 0 Å². The monoisotopic (exact) mass is 212 g/mol. The van der Waals surface area contributed by atoms with Gasteiger partial charge >= 0.3 is 0 Å². The van der Waals surface area contributed by atoms with Crippen LogP contribution in [0.4, 0.5) is 0 Å². The van der Waals surface area contributed by atoms with E-state index in [0.717, 1.165) is 0 Å². The first kappa shape index (κ1) is 19.7. The standard InChI is InChI=1S/C8H10O.3C2H6/c1-9-7-8-5-3-2-4-6-8;3*1-2/h2-6H,7H2,1H3;3*1-2H3. The van der Waals surface area contributed by atoms with Crippen molar-refractivity contribution in [3.8, 4) is 0 Å². The lowest BCUT2D eigenvalue weighted by Crippen LogP contribution is -1.84. The summed E-state index contributed by atoms with van der Waals surface area (Å²) in [6.07, 6.45) is 0. The molecule has 0 spiro atoms. The van der Waals surface area contributed by atoms with Gasteiger partial charge in [0, 0.05) is 7.11 Å². The number of rotatable bonds is 2.